The number of carbonyl (C=O) groups is 1. The van der Waals surface area contributed by atoms with Crippen molar-refractivity contribution in [1.82, 2.24) is 0 Å². The number of ether oxygens (including phenoxy) is 2. The second-order valence-electron chi connectivity index (χ2n) is 6.48. The largest absolute Gasteiger partial charge is 0.496 e. The van der Waals surface area contributed by atoms with E-state index in [4.69, 9.17) is 13.9 Å². The topological polar surface area (TPSA) is 65.7 Å². The number of methoxy groups -OCH3 is 1. The van der Waals surface area contributed by atoms with Crippen molar-refractivity contribution in [2.24, 2.45) is 0 Å². The summed E-state index contributed by atoms with van der Waals surface area (Å²) in [6.45, 7) is 1.73. The van der Waals surface area contributed by atoms with Gasteiger partial charge in [0.2, 0.25) is 5.43 Å². The van der Waals surface area contributed by atoms with Crippen LogP contribution in [0.1, 0.15) is 16.1 Å². The zero-order chi connectivity index (χ0) is 20.4. The maximum atomic E-state index is 13.1. The Morgan fingerprint density at radius 3 is 2.41 bits per heavy atom. The molecular formula is C24H18O5. The molecule has 0 aliphatic heterocycles. The van der Waals surface area contributed by atoms with E-state index in [1.165, 1.54) is 0 Å². The summed E-state index contributed by atoms with van der Waals surface area (Å²) >= 11 is 0. The molecule has 0 unspecified atom stereocenters. The number of para-hydroxylation sites is 1. The summed E-state index contributed by atoms with van der Waals surface area (Å²) in [5.41, 5.74) is 1.74. The first kappa shape index (κ1) is 18.5. The molecule has 29 heavy (non-hydrogen) atoms. The monoisotopic (exact) mass is 386 g/mol. The van der Waals surface area contributed by atoms with E-state index in [0.29, 0.717) is 44.9 Å². The number of benzene rings is 3. The summed E-state index contributed by atoms with van der Waals surface area (Å²) in [7, 11) is 1.56. The summed E-state index contributed by atoms with van der Waals surface area (Å²) in [5, 5.41) is 0.399. The molecule has 1 heterocycles. The van der Waals surface area contributed by atoms with Crippen LogP contribution < -0.4 is 14.9 Å². The molecule has 0 N–H and O–H groups in total. The lowest BCUT2D eigenvalue weighted by Crippen LogP contribution is -2.10. The Hall–Kier alpha value is -3.86. The Kier molecular flexibility index (Phi) is 4.87. The standard InChI is InChI=1S/C24H18O5/c1-15-22(18-10-6-7-11-20(18)27-2)23(25)19-13-12-17(14-21(19)28-15)29-24(26)16-8-4-3-5-9-16/h3-14H,1-2H3. The third kappa shape index (κ3) is 3.50. The molecule has 0 aliphatic carbocycles. The first-order valence-corrected chi connectivity index (χ1v) is 9.06. The normalized spacial score (nSPS) is 10.7. The van der Waals surface area contributed by atoms with E-state index in [0.717, 1.165) is 0 Å². The number of esters is 1. The Morgan fingerprint density at radius 1 is 0.931 bits per heavy atom. The molecule has 5 heteroatoms. The van der Waals surface area contributed by atoms with Crippen LogP contribution in [0.5, 0.6) is 11.5 Å². The summed E-state index contributed by atoms with van der Waals surface area (Å²) in [6.07, 6.45) is 0. The molecule has 0 atom stereocenters. The van der Waals surface area contributed by atoms with Crippen molar-refractivity contribution in [3.8, 4) is 22.6 Å². The number of hydrogen-bond acceptors (Lipinski definition) is 5. The second-order valence-corrected chi connectivity index (χ2v) is 6.48. The fraction of sp³-hybridized carbons (Fsp3) is 0.0833. The summed E-state index contributed by atoms with van der Waals surface area (Å²) in [6, 6.07) is 20.7. The Balaban J connectivity index is 1.76. The van der Waals surface area contributed by atoms with Crippen LogP contribution in [0.4, 0.5) is 0 Å². The van der Waals surface area contributed by atoms with Gasteiger partial charge in [0.1, 0.15) is 22.8 Å². The highest BCUT2D eigenvalue weighted by molar-refractivity contribution is 5.92. The lowest BCUT2D eigenvalue weighted by Gasteiger charge is -2.11. The molecule has 0 saturated heterocycles. The Bertz CT molecular complexity index is 1260. The molecule has 0 amide bonds. The van der Waals surface area contributed by atoms with Crippen LogP contribution in [0.2, 0.25) is 0 Å². The maximum absolute atomic E-state index is 13.1. The Labute approximate surface area is 167 Å². The van der Waals surface area contributed by atoms with Crippen molar-refractivity contribution in [2.45, 2.75) is 6.92 Å². The van der Waals surface area contributed by atoms with Gasteiger partial charge < -0.3 is 13.9 Å². The molecule has 0 radical (unpaired) electrons. The van der Waals surface area contributed by atoms with Crippen LogP contribution in [0, 0.1) is 6.92 Å². The first-order chi connectivity index (χ1) is 14.1. The van der Waals surface area contributed by atoms with Crippen molar-refractivity contribution >= 4 is 16.9 Å². The molecule has 0 aliphatic rings. The van der Waals surface area contributed by atoms with Gasteiger partial charge in [0, 0.05) is 11.6 Å². The van der Waals surface area contributed by atoms with Crippen molar-refractivity contribution in [1.29, 1.82) is 0 Å². The quantitative estimate of drug-likeness (QED) is 0.365. The molecule has 0 spiro atoms. The number of aryl methyl sites for hydroxylation is 1. The van der Waals surface area contributed by atoms with E-state index >= 15 is 0 Å². The fourth-order valence-electron chi connectivity index (χ4n) is 3.25. The molecule has 0 bridgehead atoms. The van der Waals surface area contributed by atoms with Crippen LogP contribution in [0.15, 0.2) is 82.0 Å². The minimum atomic E-state index is -0.477. The number of carbonyl (C=O) groups excluding carboxylic acids is 1. The van der Waals surface area contributed by atoms with Gasteiger partial charge in [-0.3, -0.25) is 4.79 Å². The van der Waals surface area contributed by atoms with Crippen LogP contribution in [-0.4, -0.2) is 13.1 Å². The van der Waals surface area contributed by atoms with Crippen molar-refractivity contribution in [2.75, 3.05) is 7.11 Å². The number of rotatable bonds is 4. The summed E-state index contributed by atoms with van der Waals surface area (Å²) < 4.78 is 16.7. The molecule has 5 nitrogen and oxygen atoms in total. The van der Waals surface area contributed by atoms with E-state index in [-0.39, 0.29) is 5.43 Å². The predicted octanol–water partition coefficient (Wildman–Crippen LogP) is 5.00. The molecule has 0 saturated carbocycles. The van der Waals surface area contributed by atoms with Gasteiger partial charge in [0.05, 0.1) is 23.6 Å². The van der Waals surface area contributed by atoms with Gasteiger partial charge in [-0.1, -0.05) is 36.4 Å². The molecule has 0 fully saturated rings. The fourth-order valence-corrected chi connectivity index (χ4v) is 3.25. The smallest absolute Gasteiger partial charge is 0.343 e. The van der Waals surface area contributed by atoms with Gasteiger partial charge in [-0.2, -0.15) is 0 Å². The molecule has 3 aromatic carbocycles. The van der Waals surface area contributed by atoms with E-state index in [9.17, 15) is 9.59 Å². The lowest BCUT2D eigenvalue weighted by molar-refractivity contribution is 0.0735. The summed E-state index contributed by atoms with van der Waals surface area (Å²) in [5.74, 6) is 0.878. The molecule has 4 aromatic rings. The van der Waals surface area contributed by atoms with Crippen LogP contribution in [0.25, 0.3) is 22.1 Å². The minimum Gasteiger partial charge on any atom is -0.496 e. The second kappa shape index (κ2) is 7.64. The van der Waals surface area contributed by atoms with E-state index < -0.39 is 5.97 Å². The average Bonchev–Trinajstić information content (AvgIpc) is 2.74. The number of hydrogen-bond donors (Lipinski definition) is 0. The SMILES string of the molecule is COc1ccccc1-c1c(C)oc2cc(OC(=O)c3ccccc3)ccc2c1=O. The van der Waals surface area contributed by atoms with E-state index in [1.807, 2.05) is 24.3 Å². The van der Waals surface area contributed by atoms with Crippen molar-refractivity contribution in [3.63, 3.8) is 0 Å². The highest BCUT2D eigenvalue weighted by Crippen LogP contribution is 2.32. The first-order valence-electron chi connectivity index (χ1n) is 9.06. The van der Waals surface area contributed by atoms with Gasteiger partial charge in [-0.25, -0.2) is 4.79 Å². The number of fused-ring (bicyclic) bond motifs is 1. The molecule has 1 aromatic heterocycles. The third-order valence-corrected chi connectivity index (χ3v) is 4.64. The Morgan fingerprint density at radius 2 is 1.66 bits per heavy atom. The minimum absolute atomic E-state index is 0.172. The highest BCUT2D eigenvalue weighted by Gasteiger charge is 2.17. The van der Waals surface area contributed by atoms with Gasteiger partial charge in [0.15, 0.2) is 0 Å². The van der Waals surface area contributed by atoms with E-state index in [1.54, 1.807) is 62.6 Å². The van der Waals surface area contributed by atoms with E-state index in [2.05, 4.69) is 0 Å². The average molecular weight is 386 g/mol. The van der Waals surface area contributed by atoms with Crippen molar-refractivity contribution in [3.05, 3.63) is 94.3 Å². The summed E-state index contributed by atoms with van der Waals surface area (Å²) in [4.78, 5) is 25.4. The third-order valence-electron chi connectivity index (χ3n) is 4.64. The van der Waals surface area contributed by atoms with Gasteiger partial charge in [-0.15, -0.1) is 0 Å². The molecule has 144 valence electrons. The highest BCUT2D eigenvalue weighted by atomic mass is 16.5. The van der Waals surface area contributed by atoms with Crippen LogP contribution in [0.3, 0.4) is 0 Å². The van der Waals surface area contributed by atoms with Gasteiger partial charge >= 0.3 is 5.97 Å². The zero-order valence-corrected chi connectivity index (χ0v) is 16.0. The van der Waals surface area contributed by atoms with Crippen LogP contribution >= 0.6 is 0 Å². The van der Waals surface area contributed by atoms with Gasteiger partial charge in [0.25, 0.3) is 0 Å². The predicted molar refractivity (Wildman–Crippen MR) is 111 cm³/mol. The lowest BCUT2D eigenvalue weighted by atomic mass is 10.0. The van der Waals surface area contributed by atoms with Crippen LogP contribution in [-0.2, 0) is 0 Å². The maximum Gasteiger partial charge on any atom is 0.343 e. The molecular weight excluding hydrogens is 368 g/mol. The van der Waals surface area contributed by atoms with Gasteiger partial charge in [-0.05, 0) is 37.3 Å². The zero-order valence-electron chi connectivity index (χ0n) is 16.0. The molecule has 4 rings (SSSR count). The van der Waals surface area contributed by atoms with Crippen molar-refractivity contribution < 1.29 is 18.7 Å².